The van der Waals surface area contributed by atoms with Crippen LogP contribution in [0.15, 0.2) is 65.6 Å². The average molecular weight is 485 g/mol. The number of anilines is 1. The van der Waals surface area contributed by atoms with Crippen LogP contribution >= 0.6 is 0 Å². The summed E-state index contributed by atoms with van der Waals surface area (Å²) in [6, 6.07) is 15.5. The van der Waals surface area contributed by atoms with Crippen LogP contribution in [-0.4, -0.2) is 39.0 Å². The minimum absolute atomic E-state index is 0.196. The number of hydrogen-bond acceptors (Lipinski definition) is 5. The quantitative estimate of drug-likeness (QED) is 0.538. The zero-order valence-corrected chi connectivity index (χ0v) is 19.7. The highest BCUT2D eigenvalue weighted by Crippen LogP contribution is 2.34. The van der Waals surface area contributed by atoms with E-state index in [4.69, 9.17) is 9.47 Å². The first-order chi connectivity index (χ1) is 16.3. The van der Waals surface area contributed by atoms with Crippen molar-refractivity contribution in [2.75, 3.05) is 24.5 Å². The van der Waals surface area contributed by atoms with Gasteiger partial charge in [0.15, 0.2) is 11.5 Å². The number of carbonyl (C=O) groups is 1. The molecule has 1 amide bonds. The molecule has 0 radical (unpaired) electrons. The van der Waals surface area contributed by atoms with Crippen molar-refractivity contribution in [2.45, 2.75) is 25.3 Å². The van der Waals surface area contributed by atoms with Gasteiger partial charge in [0.2, 0.25) is 0 Å². The third-order valence-corrected chi connectivity index (χ3v) is 6.87. The highest BCUT2D eigenvalue weighted by molar-refractivity contribution is 7.92. The summed E-state index contributed by atoms with van der Waals surface area (Å²) in [5.41, 5.74) is 1.70. The molecule has 1 aliphatic rings. The number of benzene rings is 3. The minimum Gasteiger partial charge on any atom is -0.486 e. The molecule has 9 heteroatoms. The lowest BCUT2D eigenvalue weighted by Gasteiger charge is -2.25. The Kier molecular flexibility index (Phi) is 6.74. The Morgan fingerprint density at radius 2 is 1.82 bits per heavy atom. The number of aryl methyl sites for hydroxylation is 1. The molecule has 1 aliphatic heterocycles. The Bertz CT molecular complexity index is 1330. The van der Waals surface area contributed by atoms with E-state index < -0.39 is 15.8 Å². The molecule has 0 aliphatic carbocycles. The molecule has 7 nitrogen and oxygen atoms in total. The average Bonchev–Trinajstić information content (AvgIpc) is 2.83. The Hall–Kier alpha value is -3.59. The van der Waals surface area contributed by atoms with Crippen LogP contribution in [0.4, 0.5) is 10.1 Å². The lowest BCUT2D eigenvalue weighted by Crippen LogP contribution is -2.31. The van der Waals surface area contributed by atoms with E-state index >= 15 is 0 Å². The van der Waals surface area contributed by atoms with E-state index in [1.165, 1.54) is 24.3 Å². The largest absolute Gasteiger partial charge is 0.486 e. The standard InChI is InChI=1S/C25H25FN2O5S/c1-3-28(16-19-7-5-9-23-24(19)33-13-12-32-23)25(29)18-6-4-8-20(14-18)27-34(30,31)21-11-10-17(2)22(26)15-21/h4-11,14-15,27H,3,12-13,16H2,1-2H3. The number of rotatable bonds is 7. The van der Waals surface area contributed by atoms with Crippen LogP contribution in [-0.2, 0) is 16.6 Å². The van der Waals surface area contributed by atoms with E-state index in [1.54, 1.807) is 24.0 Å². The predicted octanol–water partition coefficient (Wildman–Crippen LogP) is 4.37. The first kappa shape index (κ1) is 23.6. The van der Waals surface area contributed by atoms with Gasteiger partial charge in [0.25, 0.3) is 15.9 Å². The van der Waals surface area contributed by atoms with Crippen LogP contribution < -0.4 is 14.2 Å². The Balaban J connectivity index is 1.54. The molecule has 0 aromatic heterocycles. The predicted molar refractivity (Wildman–Crippen MR) is 126 cm³/mol. The number of amides is 1. The molecule has 0 unspecified atom stereocenters. The van der Waals surface area contributed by atoms with Gasteiger partial charge in [0, 0.05) is 29.9 Å². The van der Waals surface area contributed by atoms with Crippen molar-refractivity contribution in [1.82, 2.24) is 4.90 Å². The van der Waals surface area contributed by atoms with Crippen LogP contribution in [0.5, 0.6) is 11.5 Å². The maximum Gasteiger partial charge on any atom is 0.261 e. The number of para-hydroxylation sites is 1. The molecule has 4 rings (SSSR count). The van der Waals surface area contributed by atoms with Crippen molar-refractivity contribution in [3.05, 3.63) is 83.2 Å². The third-order valence-electron chi connectivity index (χ3n) is 5.49. The highest BCUT2D eigenvalue weighted by Gasteiger charge is 2.22. The highest BCUT2D eigenvalue weighted by atomic mass is 32.2. The molecule has 0 bridgehead atoms. The van der Waals surface area contributed by atoms with E-state index in [0.717, 1.165) is 11.6 Å². The molecule has 0 saturated heterocycles. The second kappa shape index (κ2) is 9.72. The number of nitrogens with zero attached hydrogens (tertiary/aromatic N) is 1. The van der Waals surface area contributed by atoms with Crippen molar-refractivity contribution in [3.63, 3.8) is 0 Å². The van der Waals surface area contributed by atoms with Gasteiger partial charge in [-0.15, -0.1) is 0 Å². The van der Waals surface area contributed by atoms with Gasteiger partial charge in [-0.2, -0.15) is 0 Å². The first-order valence-electron chi connectivity index (χ1n) is 10.8. The second-order valence-electron chi connectivity index (χ2n) is 7.86. The number of nitrogens with one attached hydrogen (secondary N) is 1. The molecule has 3 aromatic carbocycles. The van der Waals surface area contributed by atoms with Gasteiger partial charge >= 0.3 is 0 Å². The lowest BCUT2D eigenvalue weighted by molar-refractivity contribution is 0.0749. The first-order valence-corrected chi connectivity index (χ1v) is 12.3. The maximum absolute atomic E-state index is 13.9. The van der Waals surface area contributed by atoms with Gasteiger partial charge in [-0.25, -0.2) is 12.8 Å². The zero-order chi connectivity index (χ0) is 24.3. The van der Waals surface area contributed by atoms with E-state index in [2.05, 4.69) is 4.72 Å². The SMILES string of the molecule is CCN(Cc1cccc2c1OCCO2)C(=O)c1cccc(NS(=O)(=O)c2ccc(C)c(F)c2)c1. The fourth-order valence-electron chi connectivity index (χ4n) is 3.64. The van der Waals surface area contributed by atoms with Gasteiger partial charge in [0.05, 0.1) is 4.90 Å². The Labute approximate surface area is 198 Å². The number of halogens is 1. The fourth-order valence-corrected chi connectivity index (χ4v) is 4.71. The summed E-state index contributed by atoms with van der Waals surface area (Å²) in [6.07, 6.45) is 0. The molecule has 34 heavy (non-hydrogen) atoms. The van der Waals surface area contributed by atoms with Crippen LogP contribution in [0.2, 0.25) is 0 Å². The second-order valence-corrected chi connectivity index (χ2v) is 9.54. The molecule has 0 saturated carbocycles. The van der Waals surface area contributed by atoms with Crippen LogP contribution in [0.1, 0.15) is 28.4 Å². The molecule has 0 fully saturated rings. The normalized spacial score (nSPS) is 12.8. The van der Waals surface area contributed by atoms with Gasteiger partial charge in [-0.3, -0.25) is 9.52 Å². The summed E-state index contributed by atoms with van der Waals surface area (Å²) < 4.78 is 53.1. The Morgan fingerprint density at radius 1 is 1.06 bits per heavy atom. The molecule has 0 atom stereocenters. The summed E-state index contributed by atoms with van der Waals surface area (Å²) in [6.45, 7) is 5.08. The van der Waals surface area contributed by atoms with Gasteiger partial charge in [-0.05, 0) is 55.8 Å². The van der Waals surface area contributed by atoms with E-state index in [1.807, 2.05) is 25.1 Å². The van der Waals surface area contributed by atoms with Gasteiger partial charge < -0.3 is 14.4 Å². The Morgan fingerprint density at radius 3 is 2.59 bits per heavy atom. The summed E-state index contributed by atoms with van der Waals surface area (Å²) >= 11 is 0. The number of fused-ring (bicyclic) bond motifs is 1. The molecule has 178 valence electrons. The monoisotopic (exact) mass is 484 g/mol. The molecule has 1 heterocycles. The molecule has 1 N–H and O–H groups in total. The van der Waals surface area contributed by atoms with Crippen LogP contribution in [0.3, 0.4) is 0 Å². The van der Waals surface area contributed by atoms with E-state index in [-0.39, 0.29) is 16.5 Å². The fraction of sp³-hybridized carbons (Fsp3) is 0.240. The minimum atomic E-state index is -4.03. The van der Waals surface area contributed by atoms with Crippen molar-refractivity contribution >= 4 is 21.6 Å². The summed E-state index contributed by atoms with van der Waals surface area (Å²) in [5.74, 6) is 0.408. The number of carbonyl (C=O) groups excluding carboxylic acids is 1. The summed E-state index contributed by atoms with van der Waals surface area (Å²) in [4.78, 5) is 14.7. The molecule has 0 spiro atoms. The number of ether oxygens (including phenoxy) is 2. The zero-order valence-electron chi connectivity index (χ0n) is 18.9. The van der Waals surface area contributed by atoms with E-state index in [0.29, 0.717) is 48.9 Å². The van der Waals surface area contributed by atoms with Crippen molar-refractivity contribution in [1.29, 1.82) is 0 Å². The number of sulfonamides is 1. The van der Waals surface area contributed by atoms with Crippen LogP contribution in [0.25, 0.3) is 0 Å². The third kappa shape index (κ3) is 4.99. The van der Waals surface area contributed by atoms with Crippen LogP contribution in [0, 0.1) is 12.7 Å². The lowest BCUT2D eigenvalue weighted by atomic mass is 10.1. The van der Waals surface area contributed by atoms with Crippen molar-refractivity contribution in [3.8, 4) is 11.5 Å². The summed E-state index contributed by atoms with van der Waals surface area (Å²) in [5, 5.41) is 0. The van der Waals surface area contributed by atoms with Gasteiger partial charge in [0.1, 0.15) is 19.0 Å². The number of hydrogen-bond donors (Lipinski definition) is 1. The smallest absolute Gasteiger partial charge is 0.261 e. The summed E-state index contributed by atoms with van der Waals surface area (Å²) in [7, 11) is -4.03. The van der Waals surface area contributed by atoms with Crippen molar-refractivity contribution < 1.29 is 27.1 Å². The molecular formula is C25H25FN2O5S. The van der Waals surface area contributed by atoms with Crippen molar-refractivity contribution in [2.24, 2.45) is 0 Å². The maximum atomic E-state index is 13.9. The topological polar surface area (TPSA) is 84.9 Å². The van der Waals surface area contributed by atoms with E-state index in [9.17, 15) is 17.6 Å². The molecular weight excluding hydrogens is 459 g/mol. The van der Waals surface area contributed by atoms with Gasteiger partial charge in [-0.1, -0.05) is 24.3 Å². The molecule has 3 aromatic rings.